The van der Waals surface area contributed by atoms with Gasteiger partial charge in [0.15, 0.2) is 0 Å². The lowest BCUT2D eigenvalue weighted by Gasteiger charge is -2.23. The van der Waals surface area contributed by atoms with Crippen LogP contribution in [0.1, 0.15) is 45.4 Å². The molecular weight excluding hydrogens is 218 g/mol. The van der Waals surface area contributed by atoms with Crippen LogP contribution in [0.15, 0.2) is 0 Å². The molecule has 1 saturated heterocycles. The molecule has 0 bridgehead atoms. The van der Waals surface area contributed by atoms with Crippen molar-refractivity contribution < 1.29 is 14.6 Å². The highest BCUT2D eigenvalue weighted by Gasteiger charge is 2.16. The summed E-state index contributed by atoms with van der Waals surface area (Å²) in [6, 6.07) is 0. The third kappa shape index (κ3) is 6.03. The third-order valence-electron chi connectivity index (χ3n) is 3.26. The lowest BCUT2D eigenvalue weighted by atomic mass is 10.0. The van der Waals surface area contributed by atoms with Gasteiger partial charge in [-0.25, -0.2) is 0 Å². The Balaban J connectivity index is 2.14. The molecule has 0 saturated carbocycles. The molecular formula is C13H25NO3. The summed E-state index contributed by atoms with van der Waals surface area (Å²) in [5.74, 6) is 0.153. The number of hydrogen-bond acceptors (Lipinski definition) is 3. The number of carbonyl (C=O) groups excluding carboxylic acids is 1. The predicted molar refractivity (Wildman–Crippen MR) is 66.8 cm³/mol. The van der Waals surface area contributed by atoms with Crippen LogP contribution in [-0.2, 0) is 9.53 Å². The number of amides is 1. The Bertz CT molecular complexity index is 225. The molecule has 0 aromatic carbocycles. The molecule has 1 fully saturated rings. The maximum atomic E-state index is 11.8. The third-order valence-corrected chi connectivity index (χ3v) is 3.26. The van der Waals surface area contributed by atoms with Crippen molar-refractivity contribution in [3.63, 3.8) is 0 Å². The molecule has 1 aliphatic heterocycles. The lowest BCUT2D eigenvalue weighted by Crippen LogP contribution is -2.30. The SMILES string of the molecule is CC(O)CCN(C)C(=O)CCC1CCCCO1. The standard InChI is InChI=1S/C13H25NO3/c1-11(15)8-9-14(2)13(16)7-6-12-5-3-4-10-17-12/h11-12,15H,3-10H2,1-2H3. The Labute approximate surface area is 104 Å². The number of ether oxygens (including phenoxy) is 1. The Morgan fingerprint density at radius 2 is 2.29 bits per heavy atom. The number of nitrogens with zero attached hydrogens (tertiary/aromatic N) is 1. The molecule has 0 radical (unpaired) electrons. The van der Waals surface area contributed by atoms with E-state index in [-0.39, 0.29) is 18.1 Å². The van der Waals surface area contributed by atoms with Crippen LogP contribution in [0, 0.1) is 0 Å². The van der Waals surface area contributed by atoms with E-state index in [1.54, 1.807) is 18.9 Å². The van der Waals surface area contributed by atoms with Crippen LogP contribution in [0.2, 0.25) is 0 Å². The molecule has 1 aliphatic rings. The summed E-state index contributed by atoms with van der Waals surface area (Å²) in [7, 11) is 1.80. The minimum atomic E-state index is -0.341. The number of aliphatic hydroxyl groups is 1. The summed E-state index contributed by atoms with van der Waals surface area (Å²) in [6.07, 6.45) is 5.42. The first kappa shape index (κ1) is 14.5. The Kier molecular flexibility index (Phi) is 6.52. The largest absolute Gasteiger partial charge is 0.393 e. The zero-order valence-corrected chi connectivity index (χ0v) is 11.0. The number of aliphatic hydroxyl groups excluding tert-OH is 1. The molecule has 100 valence electrons. The molecule has 1 rings (SSSR count). The topological polar surface area (TPSA) is 49.8 Å². The van der Waals surface area contributed by atoms with Gasteiger partial charge in [0.1, 0.15) is 0 Å². The van der Waals surface area contributed by atoms with E-state index in [9.17, 15) is 4.79 Å². The van der Waals surface area contributed by atoms with Crippen LogP contribution >= 0.6 is 0 Å². The van der Waals surface area contributed by atoms with Crippen LogP contribution in [0.3, 0.4) is 0 Å². The van der Waals surface area contributed by atoms with Crippen LogP contribution in [-0.4, -0.2) is 48.3 Å². The molecule has 4 nitrogen and oxygen atoms in total. The minimum absolute atomic E-state index is 0.153. The fraction of sp³-hybridized carbons (Fsp3) is 0.923. The first-order chi connectivity index (χ1) is 8.09. The van der Waals surface area contributed by atoms with Gasteiger partial charge in [0.05, 0.1) is 12.2 Å². The summed E-state index contributed by atoms with van der Waals surface area (Å²) < 4.78 is 5.60. The second kappa shape index (κ2) is 7.67. The first-order valence-electron chi connectivity index (χ1n) is 6.63. The zero-order valence-electron chi connectivity index (χ0n) is 11.0. The van der Waals surface area contributed by atoms with Crippen LogP contribution in [0.4, 0.5) is 0 Å². The van der Waals surface area contributed by atoms with Gasteiger partial charge in [-0.1, -0.05) is 0 Å². The van der Waals surface area contributed by atoms with Crippen LogP contribution < -0.4 is 0 Å². The summed E-state index contributed by atoms with van der Waals surface area (Å²) in [5, 5.41) is 9.16. The summed E-state index contributed by atoms with van der Waals surface area (Å²) in [4.78, 5) is 13.5. The van der Waals surface area contributed by atoms with Gasteiger partial charge in [-0.15, -0.1) is 0 Å². The maximum absolute atomic E-state index is 11.8. The molecule has 0 aromatic rings. The highest BCUT2D eigenvalue weighted by atomic mass is 16.5. The van der Waals surface area contributed by atoms with E-state index in [0.717, 1.165) is 25.9 Å². The monoisotopic (exact) mass is 243 g/mol. The highest BCUT2D eigenvalue weighted by Crippen LogP contribution is 2.17. The van der Waals surface area contributed by atoms with E-state index >= 15 is 0 Å². The maximum Gasteiger partial charge on any atom is 0.222 e. The van der Waals surface area contributed by atoms with E-state index < -0.39 is 0 Å². The van der Waals surface area contributed by atoms with Gasteiger partial charge < -0.3 is 14.7 Å². The van der Waals surface area contributed by atoms with E-state index in [4.69, 9.17) is 9.84 Å². The fourth-order valence-corrected chi connectivity index (χ4v) is 2.02. The van der Waals surface area contributed by atoms with Gasteiger partial charge in [-0.3, -0.25) is 4.79 Å². The number of rotatable bonds is 6. The van der Waals surface area contributed by atoms with Crippen molar-refractivity contribution in [3.05, 3.63) is 0 Å². The van der Waals surface area contributed by atoms with Gasteiger partial charge in [0.2, 0.25) is 5.91 Å². The second-order valence-corrected chi connectivity index (χ2v) is 4.98. The minimum Gasteiger partial charge on any atom is -0.393 e. The molecule has 1 amide bonds. The molecule has 0 spiro atoms. The molecule has 2 atom stereocenters. The van der Waals surface area contributed by atoms with Gasteiger partial charge in [-0.2, -0.15) is 0 Å². The van der Waals surface area contributed by atoms with Gasteiger partial charge in [0.25, 0.3) is 0 Å². The second-order valence-electron chi connectivity index (χ2n) is 4.98. The average molecular weight is 243 g/mol. The van der Waals surface area contributed by atoms with Crippen LogP contribution in [0.5, 0.6) is 0 Å². The quantitative estimate of drug-likeness (QED) is 0.770. The summed E-state index contributed by atoms with van der Waals surface area (Å²) in [6.45, 7) is 3.22. The van der Waals surface area contributed by atoms with Crippen LogP contribution in [0.25, 0.3) is 0 Å². The zero-order chi connectivity index (χ0) is 12.7. The van der Waals surface area contributed by atoms with Crippen molar-refractivity contribution in [2.75, 3.05) is 20.2 Å². The van der Waals surface area contributed by atoms with E-state index in [1.165, 1.54) is 6.42 Å². The molecule has 2 unspecified atom stereocenters. The summed E-state index contributed by atoms with van der Waals surface area (Å²) >= 11 is 0. The predicted octanol–water partition coefficient (Wildman–Crippen LogP) is 1.56. The molecule has 4 heteroatoms. The van der Waals surface area contributed by atoms with Crippen molar-refractivity contribution in [1.82, 2.24) is 4.90 Å². The molecule has 0 aliphatic carbocycles. The van der Waals surface area contributed by atoms with E-state index in [0.29, 0.717) is 19.4 Å². The lowest BCUT2D eigenvalue weighted by molar-refractivity contribution is -0.131. The van der Waals surface area contributed by atoms with Gasteiger partial charge in [0, 0.05) is 26.6 Å². The number of carbonyl (C=O) groups is 1. The Hall–Kier alpha value is -0.610. The first-order valence-corrected chi connectivity index (χ1v) is 6.63. The highest BCUT2D eigenvalue weighted by molar-refractivity contribution is 5.75. The average Bonchev–Trinajstić information content (AvgIpc) is 2.34. The van der Waals surface area contributed by atoms with E-state index in [1.807, 2.05) is 0 Å². The van der Waals surface area contributed by atoms with Crippen molar-refractivity contribution in [3.8, 4) is 0 Å². The Morgan fingerprint density at radius 1 is 1.53 bits per heavy atom. The van der Waals surface area contributed by atoms with Crippen molar-refractivity contribution >= 4 is 5.91 Å². The molecule has 1 heterocycles. The number of hydrogen-bond donors (Lipinski definition) is 1. The van der Waals surface area contributed by atoms with E-state index in [2.05, 4.69) is 0 Å². The van der Waals surface area contributed by atoms with Crippen molar-refractivity contribution in [2.45, 2.75) is 57.7 Å². The van der Waals surface area contributed by atoms with Crippen molar-refractivity contribution in [1.29, 1.82) is 0 Å². The summed E-state index contributed by atoms with van der Waals surface area (Å²) in [5.41, 5.74) is 0. The fourth-order valence-electron chi connectivity index (χ4n) is 2.02. The smallest absolute Gasteiger partial charge is 0.222 e. The molecule has 1 N–H and O–H groups in total. The Morgan fingerprint density at radius 3 is 2.88 bits per heavy atom. The van der Waals surface area contributed by atoms with Gasteiger partial charge >= 0.3 is 0 Å². The molecule has 17 heavy (non-hydrogen) atoms. The van der Waals surface area contributed by atoms with Crippen molar-refractivity contribution in [2.24, 2.45) is 0 Å². The normalized spacial score (nSPS) is 22.2. The molecule has 0 aromatic heterocycles. The van der Waals surface area contributed by atoms with Gasteiger partial charge in [-0.05, 0) is 39.0 Å².